The molecular formula is C26H38O7. The molecule has 1 aliphatic carbocycles. The van der Waals surface area contributed by atoms with Crippen molar-refractivity contribution in [2.24, 2.45) is 11.8 Å². The van der Waals surface area contributed by atoms with E-state index in [0.717, 1.165) is 44.0 Å². The van der Waals surface area contributed by atoms with Gasteiger partial charge in [-0.25, -0.2) is 0 Å². The summed E-state index contributed by atoms with van der Waals surface area (Å²) in [6.07, 6.45) is 3.75. The summed E-state index contributed by atoms with van der Waals surface area (Å²) in [5, 5.41) is 0. The Bertz CT molecular complexity index is 758. The summed E-state index contributed by atoms with van der Waals surface area (Å²) < 4.78 is 28.9. The Morgan fingerprint density at radius 1 is 1.00 bits per heavy atom. The van der Waals surface area contributed by atoms with Crippen LogP contribution in [0.25, 0.3) is 0 Å². The molecule has 33 heavy (non-hydrogen) atoms. The second-order valence-electron chi connectivity index (χ2n) is 9.18. The maximum Gasteiger partial charge on any atom is 0.303 e. The molecule has 3 rings (SSSR count). The van der Waals surface area contributed by atoms with Crippen molar-refractivity contribution in [3.63, 3.8) is 0 Å². The third-order valence-electron chi connectivity index (χ3n) is 6.26. The zero-order valence-electron chi connectivity index (χ0n) is 20.3. The van der Waals surface area contributed by atoms with Crippen molar-refractivity contribution in [3.05, 3.63) is 29.8 Å². The molecule has 5 atom stereocenters. The van der Waals surface area contributed by atoms with Gasteiger partial charge in [0.25, 0.3) is 0 Å². The number of esters is 2. The summed E-state index contributed by atoms with van der Waals surface area (Å²) in [6.45, 7) is 7.93. The number of rotatable bonds is 12. The van der Waals surface area contributed by atoms with Crippen LogP contribution in [0.1, 0.15) is 65.4 Å². The highest BCUT2D eigenvalue weighted by Crippen LogP contribution is 2.33. The van der Waals surface area contributed by atoms with E-state index < -0.39 is 30.4 Å². The Morgan fingerprint density at radius 3 is 2.27 bits per heavy atom. The first-order chi connectivity index (χ1) is 15.9. The van der Waals surface area contributed by atoms with Gasteiger partial charge < -0.3 is 23.7 Å². The van der Waals surface area contributed by atoms with Gasteiger partial charge in [0.15, 0.2) is 12.4 Å². The van der Waals surface area contributed by atoms with Crippen molar-refractivity contribution in [1.82, 2.24) is 0 Å². The van der Waals surface area contributed by atoms with Crippen LogP contribution in [-0.4, -0.2) is 49.8 Å². The molecule has 184 valence electrons. The Kier molecular flexibility index (Phi) is 9.56. The van der Waals surface area contributed by atoms with Gasteiger partial charge in [-0.05, 0) is 62.1 Å². The van der Waals surface area contributed by atoms with E-state index in [9.17, 15) is 9.59 Å². The summed E-state index contributed by atoms with van der Waals surface area (Å²) in [5.74, 6) is 0.698. The number of benzene rings is 1. The third-order valence-corrected chi connectivity index (χ3v) is 6.26. The van der Waals surface area contributed by atoms with Gasteiger partial charge in [-0.15, -0.1) is 0 Å². The van der Waals surface area contributed by atoms with Crippen molar-refractivity contribution in [3.8, 4) is 5.75 Å². The third kappa shape index (κ3) is 8.00. The van der Waals surface area contributed by atoms with Crippen LogP contribution in [0, 0.1) is 11.8 Å². The number of ether oxygens (including phenoxy) is 5. The molecule has 0 unspecified atom stereocenters. The molecule has 1 aromatic carbocycles. The van der Waals surface area contributed by atoms with Gasteiger partial charge in [0.1, 0.15) is 11.9 Å². The van der Waals surface area contributed by atoms with Crippen molar-refractivity contribution < 1.29 is 33.3 Å². The highest BCUT2D eigenvalue weighted by Gasteiger charge is 2.47. The molecule has 1 aliphatic heterocycles. The second-order valence-corrected chi connectivity index (χ2v) is 9.18. The van der Waals surface area contributed by atoms with Crippen molar-refractivity contribution in [1.29, 1.82) is 0 Å². The smallest absolute Gasteiger partial charge is 0.303 e. The van der Waals surface area contributed by atoms with Crippen LogP contribution in [0.4, 0.5) is 0 Å². The highest BCUT2D eigenvalue weighted by molar-refractivity contribution is 5.67. The molecule has 1 saturated carbocycles. The van der Waals surface area contributed by atoms with Crippen LogP contribution in [0.2, 0.25) is 0 Å². The molecule has 7 heteroatoms. The molecule has 0 bridgehead atoms. The maximum absolute atomic E-state index is 11.7. The van der Waals surface area contributed by atoms with Gasteiger partial charge in [0, 0.05) is 26.4 Å². The van der Waals surface area contributed by atoms with Crippen LogP contribution in [0.15, 0.2) is 24.3 Å². The van der Waals surface area contributed by atoms with Gasteiger partial charge in [-0.2, -0.15) is 0 Å². The van der Waals surface area contributed by atoms with E-state index in [1.807, 2.05) is 26.0 Å². The fraction of sp³-hybridized carbons (Fsp3) is 0.692. The average molecular weight is 463 g/mol. The Morgan fingerprint density at radius 2 is 1.67 bits per heavy atom. The molecule has 7 nitrogen and oxygen atoms in total. The van der Waals surface area contributed by atoms with Gasteiger partial charge in [-0.3, -0.25) is 9.59 Å². The zero-order chi connectivity index (χ0) is 23.8. The number of carbonyl (C=O) groups is 2. The SMILES string of the molecule is CC[C@H]1O[C@@H](OCCCCc2ccc(OCC3CC3)cc2)[C@H](OC(C)=O)[C@@H](OC(C)=O)[C@@H]1C. The Labute approximate surface area is 197 Å². The maximum atomic E-state index is 11.7. The molecular weight excluding hydrogens is 424 g/mol. The van der Waals surface area contributed by atoms with E-state index >= 15 is 0 Å². The van der Waals surface area contributed by atoms with Gasteiger partial charge in [-0.1, -0.05) is 26.0 Å². The van der Waals surface area contributed by atoms with Crippen LogP contribution < -0.4 is 4.74 Å². The van der Waals surface area contributed by atoms with Crippen molar-refractivity contribution >= 4 is 11.9 Å². The number of carbonyl (C=O) groups excluding carboxylic acids is 2. The van der Waals surface area contributed by atoms with Crippen LogP contribution in [0.3, 0.4) is 0 Å². The van der Waals surface area contributed by atoms with Crippen LogP contribution >= 0.6 is 0 Å². The van der Waals surface area contributed by atoms with E-state index in [0.29, 0.717) is 6.61 Å². The molecule has 1 aromatic rings. The second kappa shape index (κ2) is 12.4. The number of hydrogen-bond acceptors (Lipinski definition) is 7. The standard InChI is InChI=1S/C26H38O7/c1-5-23-17(2)24(31-18(3)27)25(32-19(4)28)26(33-23)29-15-7-6-8-20-11-13-22(14-12-20)30-16-21-9-10-21/h11-14,17,21,23-26H,5-10,15-16H2,1-4H3/t17-,23-,24+,25-,26-/m1/s1. The summed E-state index contributed by atoms with van der Waals surface area (Å²) >= 11 is 0. The largest absolute Gasteiger partial charge is 0.493 e. The molecule has 0 radical (unpaired) electrons. The fourth-order valence-electron chi connectivity index (χ4n) is 4.20. The lowest BCUT2D eigenvalue weighted by atomic mass is 9.89. The van der Waals surface area contributed by atoms with Gasteiger partial charge in [0.2, 0.25) is 0 Å². The van der Waals surface area contributed by atoms with E-state index in [2.05, 4.69) is 12.1 Å². The first-order valence-corrected chi connectivity index (χ1v) is 12.2. The summed E-state index contributed by atoms with van der Waals surface area (Å²) in [7, 11) is 0. The van der Waals surface area contributed by atoms with E-state index in [-0.39, 0.29) is 12.0 Å². The molecule has 0 spiro atoms. The predicted molar refractivity (Wildman–Crippen MR) is 123 cm³/mol. The average Bonchev–Trinajstić information content (AvgIpc) is 3.61. The molecule has 2 aliphatic rings. The minimum absolute atomic E-state index is 0.112. The predicted octanol–water partition coefficient (Wildman–Crippen LogP) is 4.45. The Balaban J connectivity index is 1.47. The van der Waals surface area contributed by atoms with E-state index in [1.165, 1.54) is 32.3 Å². The first-order valence-electron chi connectivity index (χ1n) is 12.2. The summed E-state index contributed by atoms with van der Waals surface area (Å²) in [5.41, 5.74) is 1.26. The minimum Gasteiger partial charge on any atom is -0.493 e. The van der Waals surface area contributed by atoms with Crippen molar-refractivity contribution in [2.45, 2.75) is 90.8 Å². The van der Waals surface area contributed by atoms with E-state index in [4.69, 9.17) is 23.7 Å². The zero-order valence-corrected chi connectivity index (χ0v) is 20.3. The number of aryl methyl sites for hydroxylation is 1. The lowest BCUT2D eigenvalue weighted by Gasteiger charge is -2.43. The van der Waals surface area contributed by atoms with Crippen LogP contribution in [-0.2, 0) is 35.0 Å². The normalized spacial score (nSPS) is 27.1. The van der Waals surface area contributed by atoms with Gasteiger partial charge in [0.05, 0.1) is 12.7 Å². The molecule has 0 amide bonds. The Hall–Kier alpha value is -2.12. The lowest BCUT2D eigenvalue weighted by molar-refractivity contribution is -0.290. The molecule has 1 saturated heterocycles. The quantitative estimate of drug-likeness (QED) is 0.335. The first kappa shape index (κ1) is 25.5. The summed E-state index contributed by atoms with van der Waals surface area (Å²) in [4.78, 5) is 23.4. The van der Waals surface area contributed by atoms with Crippen LogP contribution in [0.5, 0.6) is 5.75 Å². The lowest BCUT2D eigenvalue weighted by Crippen LogP contribution is -2.57. The molecule has 2 fully saturated rings. The highest BCUT2D eigenvalue weighted by atomic mass is 16.7. The number of unbranched alkanes of at least 4 members (excludes halogenated alkanes) is 1. The molecule has 0 N–H and O–H groups in total. The van der Waals surface area contributed by atoms with Crippen molar-refractivity contribution in [2.75, 3.05) is 13.2 Å². The number of hydrogen-bond donors (Lipinski definition) is 0. The van der Waals surface area contributed by atoms with E-state index in [1.54, 1.807) is 0 Å². The fourth-order valence-corrected chi connectivity index (χ4v) is 4.20. The minimum atomic E-state index is -0.785. The summed E-state index contributed by atoms with van der Waals surface area (Å²) in [6, 6.07) is 8.30. The molecule has 0 aromatic heterocycles. The monoisotopic (exact) mass is 462 g/mol. The van der Waals surface area contributed by atoms with Gasteiger partial charge >= 0.3 is 11.9 Å². The topological polar surface area (TPSA) is 80.3 Å². The molecule has 1 heterocycles.